The lowest BCUT2D eigenvalue weighted by Crippen LogP contribution is -2.48. The Morgan fingerprint density at radius 1 is 1.14 bits per heavy atom. The minimum absolute atomic E-state index is 0.0449. The minimum atomic E-state index is -3.42. The molecule has 1 aliphatic rings. The monoisotopic (exact) mass is 324 g/mol. The molecular formula is C17H28N2O2S. The molecule has 0 atom stereocenters. The Balaban J connectivity index is 2.18. The average molecular weight is 324 g/mol. The second-order valence-electron chi connectivity index (χ2n) is 6.64. The van der Waals surface area contributed by atoms with Gasteiger partial charge in [-0.25, -0.2) is 4.72 Å². The van der Waals surface area contributed by atoms with E-state index in [9.17, 15) is 8.42 Å². The first-order valence-electron chi connectivity index (χ1n) is 8.16. The predicted octanol–water partition coefficient (Wildman–Crippen LogP) is 3.06. The summed E-state index contributed by atoms with van der Waals surface area (Å²) in [5.41, 5.74) is 1.19. The molecule has 0 unspecified atom stereocenters. The fourth-order valence-corrected chi connectivity index (χ4v) is 4.41. The minimum Gasteiger partial charge on any atom is -0.201 e. The van der Waals surface area contributed by atoms with Gasteiger partial charge in [-0.2, -0.15) is 12.7 Å². The zero-order valence-corrected chi connectivity index (χ0v) is 14.7. The van der Waals surface area contributed by atoms with Crippen LogP contribution in [0.4, 0.5) is 0 Å². The first-order valence-corrected chi connectivity index (χ1v) is 9.60. The van der Waals surface area contributed by atoms with Crippen LogP contribution in [0.5, 0.6) is 0 Å². The van der Waals surface area contributed by atoms with Gasteiger partial charge in [0.1, 0.15) is 0 Å². The quantitative estimate of drug-likeness (QED) is 0.874. The van der Waals surface area contributed by atoms with E-state index >= 15 is 0 Å². The summed E-state index contributed by atoms with van der Waals surface area (Å²) in [5.74, 6) is 0. The molecular weight excluding hydrogens is 296 g/mol. The van der Waals surface area contributed by atoms with Crippen LogP contribution in [0.1, 0.15) is 51.5 Å². The summed E-state index contributed by atoms with van der Waals surface area (Å²) in [7, 11) is -1.79. The van der Waals surface area contributed by atoms with Crippen molar-refractivity contribution in [3.05, 3.63) is 35.9 Å². The largest absolute Gasteiger partial charge is 0.279 e. The van der Waals surface area contributed by atoms with Gasteiger partial charge in [-0.05, 0) is 32.3 Å². The number of rotatable bonds is 6. The molecule has 1 aromatic rings. The van der Waals surface area contributed by atoms with E-state index in [1.54, 1.807) is 7.05 Å². The molecule has 124 valence electrons. The summed E-state index contributed by atoms with van der Waals surface area (Å²) in [6.45, 7) is 4.25. The number of benzene rings is 1. The Labute approximate surface area is 135 Å². The lowest BCUT2D eigenvalue weighted by molar-refractivity contribution is 0.289. The van der Waals surface area contributed by atoms with Crippen molar-refractivity contribution in [3.8, 4) is 0 Å². The van der Waals surface area contributed by atoms with E-state index in [0.717, 1.165) is 25.7 Å². The molecule has 0 radical (unpaired) electrons. The van der Waals surface area contributed by atoms with Crippen LogP contribution < -0.4 is 4.72 Å². The van der Waals surface area contributed by atoms with Crippen molar-refractivity contribution in [2.75, 3.05) is 13.6 Å². The summed E-state index contributed by atoms with van der Waals surface area (Å²) in [6, 6.07) is 10.3. The molecule has 4 nitrogen and oxygen atoms in total. The van der Waals surface area contributed by atoms with Crippen LogP contribution in [0.2, 0.25) is 0 Å². The Bertz CT molecular complexity index is 564. The van der Waals surface area contributed by atoms with Gasteiger partial charge in [-0.15, -0.1) is 0 Å². The summed E-state index contributed by atoms with van der Waals surface area (Å²) >= 11 is 0. The van der Waals surface area contributed by atoms with Gasteiger partial charge in [-0.3, -0.25) is 0 Å². The summed E-state index contributed by atoms with van der Waals surface area (Å²) < 4.78 is 29.1. The van der Waals surface area contributed by atoms with Gasteiger partial charge in [-0.1, -0.05) is 49.6 Å². The van der Waals surface area contributed by atoms with Gasteiger partial charge in [0, 0.05) is 25.0 Å². The zero-order chi connectivity index (χ0) is 16.2. The Morgan fingerprint density at radius 3 is 2.27 bits per heavy atom. The second-order valence-corrected chi connectivity index (χ2v) is 8.46. The van der Waals surface area contributed by atoms with Gasteiger partial charge in [0.05, 0.1) is 0 Å². The van der Waals surface area contributed by atoms with E-state index in [-0.39, 0.29) is 11.5 Å². The second kappa shape index (κ2) is 7.11. The van der Waals surface area contributed by atoms with Crippen molar-refractivity contribution in [2.24, 2.45) is 0 Å². The maximum Gasteiger partial charge on any atom is 0.279 e. The first kappa shape index (κ1) is 17.4. The van der Waals surface area contributed by atoms with Gasteiger partial charge in [0.2, 0.25) is 0 Å². The fourth-order valence-electron chi connectivity index (χ4n) is 3.20. The highest BCUT2D eigenvalue weighted by atomic mass is 32.2. The number of nitrogens with zero attached hydrogens (tertiary/aromatic N) is 1. The van der Waals surface area contributed by atoms with E-state index in [2.05, 4.69) is 16.9 Å². The third-order valence-electron chi connectivity index (χ3n) is 4.90. The lowest BCUT2D eigenvalue weighted by atomic mass is 9.69. The molecule has 0 aliphatic heterocycles. The molecule has 1 aromatic carbocycles. The van der Waals surface area contributed by atoms with E-state index in [1.165, 1.54) is 16.3 Å². The van der Waals surface area contributed by atoms with Crippen LogP contribution in [0.15, 0.2) is 30.3 Å². The van der Waals surface area contributed by atoms with Crippen LogP contribution in [-0.2, 0) is 15.6 Å². The van der Waals surface area contributed by atoms with Crippen molar-refractivity contribution in [1.82, 2.24) is 9.03 Å². The number of hydrogen-bond acceptors (Lipinski definition) is 2. The highest BCUT2D eigenvalue weighted by molar-refractivity contribution is 7.87. The van der Waals surface area contributed by atoms with E-state index < -0.39 is 10.2 Å². The summed E-state index contributed by atoms with van der Waals surface area (Å²) in [4.78, 5) is 0. The number of hydrogen-bond donors (Lipinski definition) is 1. The summed E-state index contributed by atoms with van der Waals surface area (Å²) in [6.07, 6.45) is 5.66. The van der Waals surface area contributed by atoms with Crippen LogP contribution in [0, 0.1) is 0 Å². The molecule has 0 bridgehead atoms. The molecule has 1 aliphatic carbocycles. The molecule has 0 aromatic heterocycles. The van der Waals surface area contributed by atoms with E-state index in [1.807, 2.05) is 32.0 Å². The normalized spacial score (nSPS) is 18.8. The smallest absolute Gasteiger partial charge is 0.201 e. The molecule has 1 saturated carbocycles. The fraction of sp³-hybridized carbons (Fsp3) is 0.647. The highest BCUT2D eigenvalue weighted by Gasteiger charge is 2.35. The van der Waals surface area contributed by atoms with Crippen LogP contribution in [0.25, 0.3) is 0 Å². The third kappa shape index (κ3) is 3.89. The lowest BCUT2D eigenvalue weighted by Gasteiger charge is -2.38. The highest BCUT2D eigenvalue weighted by Crippen LogP contribution is 2.39. The van der Waals surface area contributed by atoms with Gasteiger partial charge < -0.3 is 0 Å². The Morgan fingerprint density at radius 2 is 1.73 bits per heavy atom. The van der Waals surface area contributed by atoms with Crippen molar-refractivity contribution in [3.63, 3.8) is 0 Å². The Kier molecular flexibility index (Phi) is 5.64. The van der Waals surface area contributed by atoms with Crippen LogP contribution >= 0.6 is 0 Å². The average Bonchev–Trinajstić information content (AvgIpc) is 2.54. The van der Waals surface area contributed by atoms with Gasteiger partial charge in [0.25, 0.3) is 10.2 Å². The molecule has 2 rings (SSSR count). The molecule has 1 N–H and O–H groups in total. The standard InChI is InChI=1S/C17H28N2O2S/c1-15(2)19(3)22(20,21)18-14-17(12-8-5-9-13-17)16-10-6-4-7-11-16/h4,6-7,10-11,15,18H,5,8-9,12-14H2,1-3H3. The SMILES string of the molecule is CC(C)N(C)S(=O)(=O)NCC1(c2ccccc2)CCCCC1. The van der Waals surface area contributed by atoms with Crippen molar-refractivity contribution < 1.29 is 8.42 Å². The first-order chi connectivity index (χ1) is 10.4. The van der Waals surface area contributed by atoms with Gasteiger partial charge in [0.15, 0.2) is 0 Å². The molecule has 22 heavy (non-hydrogen) atoms. The zero-order valence-electron chi connectivity index (χ0n) is 13.9. The molecule has 1 fully saturated rings. The van der Waals surface area contributed by atoms with Crippen LogP contribution in [-0.4, -0.2) is 32.4 Å². The topological polar surface area (TPSA) is 49.4 Å². The van der Waals surface area contributed by atoms with Crippen molar-refractivity contribution in [1.29, 1.82) is 0 Å². The molecule has 0 saturated heterocycles. The predicted molar refractivity (Wildman–Crippen MR) is 91.0 cm³/mol. The van der Waals surface area contributed by atoms with Crippen molar-refractivity contribution >= 4 is 10.2 Å². The molecule has 0 heterocycles. The summed E-state index contributed by atoms with van der Waals surface area (Å²) in [5, 5.41) is 0. The maximum absolute atomic E-state index is 12.4. The van der Waals surface area contributed by atoms with Gasteiger partial charge >= 0.3 is 0 Å². The van der Waals surface area contributed by atoms with Crippen molar-refractivity contribution in [2.45, 2.75) is 57.4 Å². The van der Waals surface area contributed by atoms with Crippen LogP contribution in [0.3, 0.4) is 0 Å². The Hall–Kier alpha value is -0.910. The number of nitrogens with one attached hydrogen (secondary N) is 1. The maximum atomic E-state index is 12.4. The molecule has 0 spiro atoms. The molecule has 5 heteroatoms. The molecule has 0 amide bonds. The third-order valence-corrected chi connectivity index (χ3v) is 6.59. The van der Waals surface area contributed by atoms with E-state index in [4.69, 9.17) is 0 Å². The van der Waals surface area contributed by atoms with E-state index in [0.29, 0.717) is 6.54 Å².